The highest BCUT2D eigenvalue weighted by atomic mass is 79.9. The first-order valence-electron chi connectivity index (χ1n) is 7.43. The second-order valence-corrected chi connectivity index (χ2v) is 7.07. The van der Waals surface area contributed by atoms with Gasteiger partial charge in [-0.25, -0.2) is 4.98 Å². The van der Waals surface area contributed by atoms with Crippen LogP contribution in [-0.2, 0) is 9.53 Å². The highest BCUT2D eigenvalue weighted by Gasteiger charge is 2.16. The van der Waals surface area contributed by atoms with E-state index in [2.05, 4.69) is 26.2 Å². The number of halogens is 1. The van der Waals surface area contributed by atoms with Crippen LogP contribution in [0.1, 0.15) is 12.8 Å². The van der Waals surface area contributed by atoms with Crippen molar-refractivity contribution >= 4 is 33.6 Å². The van der Waals surface area contributed by atoms with Gasteiger partial charge in [-0.05, 0) is 25.0 Å². The van der Waals surface area contributed by atoms with Gasteiger partial charge in [-0.1, -0.05) is 39.8 Å². The quantitative estimate of drug-likeness (QED) is 0.756. The van der Waals surface area contributed by atoms with Gasteiger partial charge in [0, 0.05) is 23.2 Å². The largest absolute Gasteiger partial charge is 0.431 e. The van der Waals surface area contributed by atoms with Gasteiger partial charge in [0.05, 0.1) is 18.1 Å². The lowest BCUT2D eigenvalue weighted by Crippen LogP contribution is -2.32. The van der Waals surface area contributed by atoms with Gasteiger partial charge in [-0.2, -0.15) is 0 Å². The van der Waals surface area contributed by atoms with Crippen molar-refractivity contribution in [3.05, 3.63) is 34.9 Å². The number of benzene rings is 1. The van der Waals surface area contributed by atoms with Crippen LogP contribution in [0.25, 0.3) is 11.3 Å². The lowest BCUT2D eigenvalue weighted by Gasteiger charge is -2.09. The second kappa shape index (κ2) is 7.99. The highest BCUT2D eigenvalue weighted by molar-refractivity contribution is 9.10. The maximum atomic E-state index is 11.8. The fourth-order valence-electron chi connectivity index (χ4n) is 2.28. The average Bonchev–Trinajstić information content (AvgIpc) is 3.23. The second-order valence-electron chi connectivity index (χ2n) is 5.23. The molecule has 0 saturated carbocycles. The number of amides is 1. The first kappa shape index (κ1) is 16.5. The third kappa shape index (κ3) is 4.83. The molecule has 0 bridgehead atoms. The fourth-order valence-corrected chi connectivity index (χ4v) is 3.18. The number of carbonyl (C=O) groups excluding carboxylic acids is 1. The molecule has 1 N–H and O–H groups in total. The van der Waals surface area contributed by atoms with Gasteiger partial charge < -0.3 is 14.5 Å². The number of hydrogen-bond acceptors (Lipinski definition) is 5. The van der Waals surface area contributed by atoms with Crippen LogP contribution in [-0.4, -0.2) is 35.9 Å². The van der Waals surface area contributed by atoms with Crippen LogP contribution in [0, 0.1) is 0 Å². The number of hydrogen-bond donors (Lipinski definition) is 1. The van der Waals surface area contributed by atoms with E-state index >= 15 is 0 Å². The zero-order valence-electron chi connectivity index (χ0n) is 12.5. The van der Waals surface area contributed by atoms with E-state index in [0.29, 0.717) is 17.5 Å². The SMILES string of the molecule is O=C(CSc1ncc(-c2ccc(Br)cc2)o1)NC[C@@H]1CCCO1. The van der Waals surface area contributed by atoms with Crippen molar-refractivity contribution in [3.8, 4) is 11.3 Å². The molecule has 1 aromatic carbocycles. The molecule has 0 spiro atoms. The molecule has 2 heterocycles. The number of carbonyl (C=O) groups is 1. The molecule has 0 aliphatic carbocycles. The van der Waals surface area contributed by atoms with Crippen molar-refractivity contribution in [3.63, 3.8) is 0 Å². The standard InChI is InChI=1S/C16H17BrN2O3S/c17-12-5-3-11(4-6-12)14-9-19-16(22-14)23-10-15(20)18-8-13-2-1-7-21-13/h3-6,9,13H,1-2,7-8,10H2,(H,18,20)/t13-/m0/s1. The summed E-state index contributed by atoms with van der Waals surface area (Å²) in [6.07, 6.45) is 3.93. The Morgan fingerprint density at radius 3 is 2.96 bits per heavy atom. The average molecular weight is 397 g/mol. The van der Waals surface area contributed by atoms with E-state index in [9.17, 15) is 4.79 Å². The lowest BCUT2D eigenvalue weighted by molar-refractivity contribution is -0.119. The Bertz CT molecular complexity index is 654. The number of nitrogens with zero attached hydrogens (tertiary/aromatic N) is 1. The molecule has 1 aliphatic rings. The summed E-state index contributed by atoms with van der Waals surface area (Å²) >= 11 is 4.69. The number of oxazole rings is 1. The molecule has 7 heteroatoms. The van der Waals surface area contributed by atoms with Crippen LogP contribution < -0.4 is 5.32 Å². The molecule has 122 valence electrons. The third-order valence-corrected chi connectivity index (χ3v) is 4.86. The summed E-state index contributed by atoms with van der Waals surface area (Å²) in [5.41, 5.74) is 0.954. The van der Waals surface area contributed by atoms with E-state index in [1.807, 2.05) is 24.3 Å². The van der Waals surface area contributed by atoms with Gasteiger partial charge in [0.25, 0.3) is 5.22 Å². The predicted octanol–water partition coefficient (Wildman–Crippen LogP) is 3.49. The summed E-state index contributed by atoms with van der Waals surface area (Å²) in [6, 6.07) is 7.80. The van der Waals surface area contributed by atoms with E-state index < -0.39 is 0 Å². The minimum Gasteiger partial charge on any atom is -0.431 e. The maximum absolute atomic E-state index is 11.8. The van der Waals surface area contributed by atoms with Crippen molar-refractivity contribution in [1.29, 1.82) is 0 Å². The Balaban J connectivity index is 1.47. The van der Waals surface area contributed by atoms with E-state index in [0.717, 1.165) is 29.5 Å². The van der Waals surface area contributed by atoms with Crippen LogP contribution in [0.3, 0.4) is 0 Å². The van der Waals surface area contributed by atoms with Gasteiger partial charge in [0.15, 0.2) is 5.76 Å². The molecular weight excluding hydrogens is 380 g/mol. The topological polar surface area (TPSA) is 64.4 Å². The Hall–Kier alpha value is -1.31. The van der Waals surface area contributed by atoms with Crippen LogP contribution in [0.2, 0.25) is 0 Å². The summed E-state index contributed by atoms with van der Waals surface area (Å²) in [5, 5.41) is 3.38. The predicted molar refractivity (Wildman–Crippen MR) is 92.3 cm³/mol. The molecule has 1 aromatic heterocycles. The van der Waals surface area contributed by atoms with Crippen LogP contribution in [0.5, 0.6) is 0 Å². The van der Waals surface area contributed by atoms with Gasteiger partial charge in [0.2, 0.25) is 5.91 Å². The van der Waals surface area contributed by atoms with Crippen LogP contribution >= 0.6 is 27.7 Å². The van der Waals surface area contributed by atoms with E-state index in [4.69, 9.17) is 9.15 Å². The minimum atomic E-state index is -0.0334. The zero-order chi connectivity index (χ0) is 16.1. The summed E-state index contributed by atoms with van der Waals surface area (Å²) in [7, 11) is 0. The molecule has 1 amide bonds. The molecule has 0 unspecified atom stereocenters. The molecule has 1 saturated heterocycles. The lowest BCUT2D eigenvalue weighted by atomic mass is 10.2. The van der Waals surface area contributed by atoms with Gasteiger partial charge in [-0.15, -0.1) is 0 Å². The molecular formula is C16H17BrN2O3S. The number of aromatic nitrogens is 1. The van der Waals surface area contributed by atoms with E-state index in [1.165, 1.54) is 11.8 Å². The normalized spacial score (nSPS) is 17.3. The molecule has 0 radical (unpaired) electrons. The molecule has 2 aromatic rings. The summed E-state index contributed by atoms with van der Waals surface area (Å²) < 4.78 is 12.2. The third-order valence-electron chi connectivity index (χ3n) is 3.49. The molecule has 3 rings (SSSR count). The summed E-state index contributed by atoms with van der Waals surface area (Å²) in [4.78, 5) is 16.0. The number of nitrogens with one attached hydrogen (secondary N) is 1. The van der Waals surface area contributed by atoms with Gasteiger partial charge in [0.1, 0.15) is 0 Å². The Morgan fingerprint density at radius 2 is 2.22 bits per heavy atom. The molecule has 23 heavy (non-hydrogen) atoms. The monoisotopic (exact) mass is 396 g/mol. The minimum absolute atomic E-state index is 0.0334. The van der Waals surface area contributed by atoms with Crippen molar-refractivity contribution in [2.24, 2.45) is 0 Å². The molecule has 5 nitrogen and oxygen atoms in total. The fraction of sp³-hybridized carbons (Fsp3) is 0.375. The Kier molecular flexibility index (Phi) is 5.75. The Labute approximate surface area is 147 Å². The van der Waals surface area contributed by atoms with Gasteiger partial charge >= 0.3 is 0 Å². The number of rotatable bonds is 6. The first-order chi connectivity index (χ1) is 11.2. The summed E-state index contributed by atoms with van der Waals surface area (Å²) in [5.74, 6) is 0.946. The van der Waals surface area contributed by atoms with Crippen LogP contribution in [0.15, 0.2) is 44.6 Å². The smallest absolute Gasteiger partial charge is 0.256 e. The zero-order valence-corrected chi connectivity index (χ0v) is 14.9. The number of thioether (sulfide) groups is 1. The highest BCUT2D eigenvalue weighted by Crippen LogP contribution is 2.26. The van der Waals surface area contributed by atoms with E-state index in [-0.39, 0.29) is 17.8 Å². The maximum Gasteiger partial charge on any atom is 0.256 e. The molecule has 1 aliphatic heterocycles. The van der Waals surface area contributed by atoms with Crippen molar-refractivity contribution < 1.29 is 13.9 Å². The molecule has 1 fully saturated rings. The number of ether oxygens (including phenoxy) is 1. The Morgan fingerprint density at radius 1 is 1.39 bits per heavy atom. The van der Waals surface area contributed by atoms with Crippen LogP contribution in [0.4, 0.5) is 0 Å². The first-order valence-corrected chi connectivity index (χ1v) is 9.21. The van der Waals surface area contributed by atoms with Crippen molar-refractivity contribution in [2.45, 2.75) is 24.2 Å². The molecule has 1 atom stereocenters. The summed E-state index contributed by atoms with van der Waals surface area (Å²) in [6.45, 7) is 1.37. The van der Waals surface area contributed by atoms with Gasteiger partial charge in [-0.3, -0.25) is 4.79 Å². The van der Waals surface area contributed by atoms with E-state index in [1.54, 1.807) is 6.20 Å². The van der Waals surface area contributed by atoms with Crippen molar-refractivity contribution in [1.82, 2.24) is 10.3 Å². The van der Waals surface area contributed by atoms with Crippen molar-refractivity contribution in [2.75, 3.05) is 18.9 Å².